The largest absolute Gasteiger partial charge is 1.00 e. The van der Waals surface area contributed by atoms with E-state index >= 15 is 0 Å². The van der Waals surface area contributed by atoms with E-state index in [1.165, 1.54) is 11.1 Å². The number of nitrogens with zero attached hydrogens (tertiary/aromatic N) is 1. The monoisotopic (exact) mass is 201 g/mol. The van der Waals surface area contributed by atoms with Crippen LogP contribution in [0.4, 0.5) is 0 Å². The van der Waals surface area contributed by atoms with E-state index in [1.54, 1.807) is 0 Å². The van der Waals surface area contributed by atoms with Gasteiger partial charge in [0.15, 0.2) is 0 Å². The molecule has 58 valence electrons. The summed E-state index contributed by atoms with van der Waals surface area (Å²) in [6.45, 7) is 4.08. The molecule has 0 bridgehead atoms. The summed E-state index contributed by atoms with van der Waals surface area (Å²) in [5, 5.41) is 0. The van der Waals surface area contributed by atoms with E-state index in [0.717, 1.165) is 0 Å². The van der Waals surface area contributed by atoms with Gasteiger partial charge in [-0.1, -0.05) is 6.07 Å². The summed E-state index contributed by atoms with van der Waals surface area (Å²) in [4.78, 5) is 3.98. The maximum Gasteiger partial charge on any atom is 1.00 e. The average molecular weight is 202 g/mol. The molecule has 1 rings (SSSR count). The van der Waals surface area contributed by atoms with E-state index in [2.05, 4.69) is 11.1 Å². The first kappa shape index (κ1) is 17.7. The van der Waals surface area contributed by atoms with Crippen molar-refractivity contribution in [2.45, 2.75) is 13.8 Å². The second-order valence-corrected chi connectivity index (χ2v) is 2.04. The van der Waals surface area contributed by atoms with Crippen LogP contribution in [0.15, 0.2) is 18.5 Å². The summed E-state index contributed by atoms with van der Waals surface area (Å²) in [7, 11) is 0. The molecule has 11 heavy (non-hydrogen) atoms. The summed E-state index contributed by atoms with van der Waals surface area (Å²) in [5.41, 5.74) is 2.45. The smallest absolute Gasteiger partial charge is 1.00 e. The van der Waals surface area contributed by atoms with Gasteiger partial charge in [0, 0.05) is 12.4 Å². The van der Waals surface area contributed by atoms with Crippen molar-refractivity contribution in [3.05, 3.63) is 29.6 Å². The Morgan fingerprint density at radius 2 is 1.45 bits per heavy atom. The average Bonchev–Trinajstić information content (AvgIpc) is 1.64. The molecule has 0 aliphatic heterocycles. The van der Waals surface area contributed by atoms with E-state index < -0.39 is 0 Å². The van der Waals surface area contributed by atoms with Gasteiger partial charge in [0.2, 0.25) is 0 Å². The van der Waals surface area contributed by atoms with Gasteiger partial charge < -0.3 is 12.4 Å². The summed E-state index contributed by atoms with van der Waals surface area (Å²) in [5.74, 6) is 0. The molecule has 0 amide bonds. The molecule has 0 fully saturated rings. The third kappa shape index (κ3) is 7.10. The zero-order valence-electron chi connectivity index (χ0n) is 6.97. The van der Waals surface area contributed by atoms with E-state index in [1.807, 2.05) is 26.2 Å². The van der Waals surface area contributed by atoms with Crippen LogP contribution in [0.25, 0.3) is 0 Å². The Hall–Kier alpha value is 0.730. The molecule has 0 aromatic carbocycles. The van der Waals surface area contributed by atoms with Gasteiger partial charge in [-0.3, -0.25) is 4.98 Å². The fourth-order valence-corrected chi connectivity index (χ4v) is 0.706. The Bertz CT molecular complexity index is 176. The van der Waals surface area contributed by atoms with Gasteiger partial charge >= 0.3 is 29.6 Å². The topological polar surface area (TPSA) is 12.9 Å². The van der Waals surface area contributed by atoms with E-state index in [4.69, 9.17) is 0 Å². The first-order chi connectivity index (χ1) is 3.79. The number of rotatable bonds is 0. The van der Waals surface area contributed by atoms with Gasteiger partial charge in [0.25, 0.3) is 0 Å². The quantitative estimate of drug-likeness (QED) is 0.392. The minimum absolute atomic E-state index is 0. The fourth-order valence-electron chi connectivity index (χ4n) is 0.706. The van der Waals surface area contributed by atoms with E-state index in [9.17, 15) is 0 Å². The molecule has 1 aromatic heterocycles. The summed E-state index contributed by atoms with van der Waals surface area (Å²) in [6.07, 6.45) is 3.71. The number of halogens is 2. The molecule has 0 unspecified atom stereocenters. The van der Waals surface area contributed by atoms with Crippen molar-refractivity contribution < 1.29 is 42.0 Å². The molecular weight excluding hydrogens is 192 g/mol. The summed E-state index contributed by atoms with van der Waals surface area (Å²) < 4.78 is 0. The summed E-state index contributed by atoms with van der Waals surface area (Å²) >= 11 is 0. The molecule has 1 aromatic rings. The molecular formula is C7H10Cl2NNa. The minimum Gasteiger partial charge on any atom is -1.00 e. The normalized spacial score (nSPS) is 6.73. The Morgan fingerprint density at radius 1 is 1.09 bits per heavy atom. The van der Waals surface area contributed by atoms with Crippen LogP contribution in [0.3, 0.4) is 0 Å². The maximum absolute atomic E-state index is 3.98. The van der Waals surface area contributed by atoms with Crippen LogP contribution in [0.1, 0.15) is 11.1 Å². The van der Waals surface area contributed by atoms with Crippen molar-refractivity contribution in [3.63, 3.8) is 0 Å². The third-order valence-corrected chi connectivity index (χ3v) is 1.01. The second-order valence-electron chi connectivity index (χ2n) is 2.04. The Morgan fingerprint density at radius 3 is 1.64 bits per heavy atom. The summed E-state index contributed by atoms with van der Waals surface area (Å²) in [6, 6.07) is 2.10. The zero-order valence-corrected chi connectivity index (χ0v) is 10.5. The van der Waals surface area contributed by atoms with Crippen molar-refractivity contribution in [2.75, 3.05) is 0 Å². The standard InChI is InChI=1S/C7H9N.2ClH.Na/c1-6-3-7(2)5-8-4-6;;;/h3-5H,1-2H3;2*1H;/q;;;+1/p-1. The van der Waals surface area contributed by atoms with Crippen molar-refractivity contribution in [3.8, 4) is 0 Å². The molecule has 0 aliphatic carbocycles. The Kier molecular flexibility index (Phi) is 14.2. The van der Waals surface area contributed by atoms with Gasteiger partial charge in [0.1, 0.15) is 0 Å². The van der Waals surface area contributed by atoms with Crippen molar-refractivity contribution in [1.82, 2.24) is 4.98 Å². The maximum atomic E-state index is 3.98. The van der Waals surface area contributed by atoms with Crippen LogP contribution >= 0.6 is 12.4 Å². The Labute approximate surface area is 102 Å². The van der Waals surface area contributed by atoms with E-state index in [-0.39, 0.29) is 54.4 Å². The molecule has 0 saturated heterocycles. The van der Waals surface area contributed by atoms with Crippen LogP contribution in [-0.2, 0) is 0 Å². The number of aromatic nitrogens is 1. The number of aryl methyl sites for hydroxylation is 2. The zero-order chi connectivity index (χ0) is 5.98. The molecule has 0 radical (unpaired) electrons. The second kappa shape index (κ2) is 8.82. The van der Waals surface area contributed by atoms with Gasteiger partial charge in [-0.2, -0.15) is 0 Å². The molecule has 0 N–H and O–H groups in total. The van der Waals surface area contributed by atoms with Gasteiger partial charge in [-0.15, -0.1) is 12.4 Å². The van der Waals surface area contributed by atoms with Gasteiger partial charge in [-0.05, 0) is 25.0 Å². The SMILES string of the molecule is Cc1cncc(C)c1.Cl.[Cl-].[Na+]. The number of hydrogen-bond acceptors (Lipinski definition) is 1. The predicted molar refractivity (Wildman–Crippen MR) is 41.0 cm³/mol. The molecule has 1 heterocycles. The van der Waals surface area contributed by atoms with Crippen molar-refractivity contribution in [1.29, 1.82) is 0 Å². The van der Waals surface area contributed by atoms with Crippen LogP contribution < -0.4 is 42.0 Å². The molecule has 0 atom stereocenters. The van der Waals surface area contributed by atoms with Crippen LogP contribution in [-0.4, -0.2) is 4.98 Å². The fraction of sp³-hybridized carbons (Fsp3) is 0.286. The van der Waals surface area contributed by atoms with Crippen molar-refractivity contribution in [2.24, 2.45) is 0 Å². The van der Waals surface area contributed by atoms with Crippen molar-refractivity contribution >= 4 is 12.4 Å². The minimum atomic E-state index is 0. The molecule has 0 aliphatic rings. The first-order valence-electron chi connectivity index (χ1n) is 2.67. The molecule has 4 heteroatoms. The van der Waals surface area contributed by atoms with E-state index in [0.29, 0.717) is 0 Å². The number of pyridine rings is 1. The van der Waals surface area contributed by atoms with Crippen LogP contribution in [0.5, 0.6) is 0 Å². The van der Waals surface area contributed by atoms with Crippen LogP contribution in [0, 0.1) is 13.8 Å². The molecule has 0 saturated carbocycles. The van der Waals surface area contributed by atoms with Gasteiger partial charge in [0.05, 0.1) is 0 Å². The predicted octanol–water partition coefficient (Wildman–Crippen LogP) is -3.87. The van der Waals surface area contributed by atoms with Crippen LogP contribution in [0.2, 0.25) is 0 Å². The Balaban J connectivity index is -0.000000213. The third-order valence-electron chi connectivity index (χ3n) is 1.01. The molecule has 0 spiro atoms. The number of hydrogen-bond donors (Lipinski definition) is 0. The van der Waals surface area contributed by atoms with Gasteiger partial charge in [-0.25, -0.2) is 0 Å². The molecule has 1 nitrogen and oxygen atoms in total. The first-order valence-corrected chi connectivity index (χ1v) is 2.67.